The predicted molar refractivity (Wildman–Crippen MR) is 40.3 cm³/mol. The van der Waals surface area contributed by atoms with Gasteiger partial charge in [0, 0.05) is 5.57 Å². The van der Waals surface area contributed by atoms with E-state index in [2.05, 4.69) is 6.26 Å². The zero-order valence-electron chi connectivity index (χ0n) is 5.52. The zero-order chi connectivity index (χ0) is 6.69. The lowest BCUT2D eigenvalue weighted by molar-refractivity contribution is 0.465. The van der Waals surface area contributed by atoms with Crippen molar-refractivity contribution in [3.63, 3.8) is 0 Å². The summed E-state index contributed by atoms with van der Waals surface area (Å²) in [5.74, 6) is 3.92. The Morgan fingerprint density at radius 1 is 1.78 bits per heavy atom. The van der Waals surface area contributed by atoms with Crippen LogP contribution in [-0.2, 0) is 4.79 Å². The third-order valence-electron chi connectivity index (χ3n) is 1.62. The monoisotopic (exact) mass is 142 g/mol. The van der Waals surface area contributed by atoms with Crippen molar-refractivity contribution in [1.29, 1.82) is 0 Å². The average molecular weight is 142 g/mol. The molecule has 0 amide bonds. The van der Waals surface area contributed by atoms with Gasteiger partial charge < -0.3 is 0 Å². The zero-order valence-corrected chi connectivity index (χ0v) is 6.33. The van der Waals surface area contributed by atoms with Gasteiger partial charge in [-0.2, -0.15) is 11.8 Å². The van der Waals surface area contributed by atoms with E-state index in [1.807, 2.05) is 17.7 Å². The highest BCUT2D eigenvalue weighted by atomic mass is 32.2. The van der Waals surface area contributed by atoms with Gasteiger partial charge in [0.25, 0.3) is 0 Å². The standard InChI is InChI=1S/C7H10OS/c1-9-5-7-2-6(3-7)4-8/h7H,2-3,5H2,1H3. The van der Waals surface area contributed by atoms with Crippen LogP contribution in [0.15, 0.2) is 5.57 Å². The van der Waals surface area contributed by atoms with Crippen LogP contribution in [0.3, 0.4) is 0 Å². The minimum atomic E-state index is 0.774. The molecule has 1 aliphatic carbocycles. The summed E-state index contributed by atoms with van der Waals surface area (Å²) in [6, 6.07) is 0. The number of carbonyl (C=O) groups excluding carboxylic acids is 1. The lowest BCUT2D eigenvalue weighted by atomic mass is 9.82. The van der Waals surface area contributed by atoms with Crippen LogP contribution in [-0.4, -0.2) is 17.9 Å². The fraction of sp³-hybridized carbons (Fsp3) is 0.714. The molecule has 1 nitrogen and oxygen atoms in total. The highest BCUT2D eigenvalue weighted by molar-refractivity contribution is 7.98. The van der Waals surface area contributed by atoms with Crippen molar-refractivity contribution in [1.82, 2.24) is 0 Å². The van der Waals surface area contributed by atoms with E-state index >= 15 is 0 Å². The molecule has 1 saturated carbocycles. The van der Waals surface area contributed by atoms with E-state index in [-0.39, 0.29) is 0 Å². The van der Waals surface area contributed by atoms with E-state index in [9.17, 15) is 4.79 Å². The van der Waals surface area contributed by atoms with E-state index in [0.717, 1.165) is 24.3 Å². The van der Waals surface area contributed by atoms with Crippen molar-refractivity contribution < 1.29 is 4.79 Å². The topological polar surface area (TPSA) is 17.1 Å². The molecule has 0 unspecified atom stereocenters. The third kappa shape index (κ3) is 1.60. The normalized spacial score (nSPS) is 25.0. The molecule has 2 heteroatoms. The molecule has 0 aromatic rings. The molecule has 0 atom stereocenters. The third-order valence-corrected chi connectivity index (χ3v) is 2.42. The molecular formula is C7H10OS. The summed E-state index contributed by atoms with van der Waals surface area (Å²) in [5, 5.41) is 0. The van der Waals surface area contributed by atoms with Crippen LogP contribution >= 0.6 is 11.8 Å². The first-order chi connectivity index (χ1) is 4.36. The van der Waals surface area contributed by atoms with Crippen LogP contribution in [0.1, 0.15) is 12.8 Å². The number of hydrogen-bond donors (Lipinski definition) is 0. The van der Waals surface area contributed by atoms with Gasteiger partial charge in [-0.3, -0.25) is 0 Å². The highest BCUT2D eigenvalue weighted by Crippen LogP contribution is 2.32. The number of hydrogen-bond acceptors (Lipinski definition) is 2. The van der Waals surface area contributed by atoms with Crippen LogP contribution in [0.25, 0.3) is 0 Å². The van der Waals surface area contributed by atoms with Gasteiger partial charge in [0.15, 0.2) is 0 Å². The summed E-state index contributed by atoms with van der Waals surface area (Å²) in [5.41, 5.74) is 0.981. The minimum absolute atomic E-state index is 0.774. The van der Waals surface area contributed by atoms with Crippen molar-refractivity contribution in [3.05, 3.63) is 5.57 Å². The first kappa shape index (κ1) is 6.91. The summed E-state index contributed by atoms with van der Waals surface area (Å²) in [7, 11) is 0. The van der Waals surface area contributed by atoms with E-state index < -0.39 is 0 Å². The molecule has 0 bridgehead atoms. The smallest absolute Gasteiger partial charge is 0.123 e. The Hall–Kier alpha value is -0.200. The Bertz CT molecular complexity index is 139. The quantitative estimate of drug-likeness (QED) is 0.544. The van der Waals surface area contributed by atoms with Gasteiger partial charge >= 0.3 is 0 Å². The maximum Gasteiger partial charge on any atom is 0.123 e. The van der Waals surface area contributed by atoms with Gasteiger partial charge in [0.1, 0.15) is 5.94 Å². The van der Waals surface area contributed by atoms with Gasteiger partial charge in [-0.25, -0.2) is 4.79 Å². The van der Waals surface area contributed by atoms with Gasteiger partial charge in [-0.05, 0) is 30.8 Å². The fourth-order valence-electron chi connectivity index (χ4n) is 1.07. The molecule has 1 rings (SSSR count). The number of rotatable bonds is 2. The number of thioether (sulfide) groups is 1. The van der Waals surface area contributed by atoms with E-state index in [4.69, 9.17) is 0 Å². The maximum atomic E-state index is 9.97. The summed E-state index contributed by atoms with van der Waals surface area (Å²) in [4.78, 5) is 9.97. The van der Waals surface area contributed by atoms with Crippen molar-refractivity contribution in [2.24, 2.45) is 5.92 Å². The molecule has 0 N–H and O–H groups in total. The molecule has 0 aliphatic heterocycles. The molecule has 0 spiro atoms. The Kier molecular flexibility index (Phi) is 2.38. The lowest BCUT2D eigenvalue weighted by Gasteiger charge is -2.25. The van der Waals surface area contributed by atoms with Crippen LogP contribution < -0.4 is 0 Å². The second-order valence-corrected chi connectivity index (χ2v) is 3.35. The number of allylic oxidation sites excluding steroid dienone is 1. The molecule has 50 valence electrons. The molecule has 1 aliphatic rings. The van der Waals surface area contributed by atoms with Gasteiger partial charge in [0.05, 0.1) is 0 Å². The molecule has 0 saturated heterocycles. The first-order valence-electron chi connectivity index (χ1n) is 3.08. The second-order valence-electron chi connectivity index (χ2n) is 2.44. The van der Waals surface area contributed by atoms with Crippen molar-refractivity contribution in [3.8, 4) is 0 Å². The molecular weight excluding hydrogens is 132 g/mol. The van der Waals surface area contributed by atoms with E-state index in [0.29, 0.717) is 0 Å². The lowest BCUT2D eigenvalue weighted by Crippen LogP contribution is -2.17. The van der Waals surface area contributed by atoms with Gasteiger partial charge in [0.2, 0.25) is 0 Å². The van der Waals surface area contributed by atoms with Crippen LogP contribution in [0.2, 0.25) is 0 Å². The summed E-state index contributed by atoms with van der Waals surface area (Å²) in [6.45, 7) is 0. The largest absolute Gasteiger partial charge is 0.234 e. The minimum Gasteiger partial charge on any atom is -0.234 e. The van der Waals surface area contributed by atoms with E-state index in [1.54, 1.807) is 0 Å². The van der Waals surface area contributed by atoms with Crippen molar-refractivity contribution >= 4 is 17.7 Å². The van der Waals surface area contributed by atoms with E-state index in [1.165, 1.54) is 5.75 Å². The van der Waals surface area contributed by atoms with Crippen molar-refractivity contribution in [2.75, 3.05) is 12.0 Å². The Balaban J connectivity index is 2.19. The summed E-state index contributed by atoms with van der Waals surface area (Å²) < 4.78 is 0. The van der Waals surface area contributed by atoms with Crippen molar-refractivity contribution in [2.45, 2.75) is 12.8 Å². The van der Waals surface area contributed by atoms with Crippen LogP contribution in [0.4, 0.5) is 0 Å². The van der Waals surface area contributed by atoms with Gasteiger partial charge in [-0.15, -0.1) is 0 Å². The SMILES string of the molecule is CSCC1CC(=C=O)C1. The average Bonchev–Trinajstić information content (AvgIpc) is 1.77. The molecule has 0 heterocycles. The molecule has 9 heavy (non-hydrogen) atoms. The fourth-order valence-corrected chi connectivity index (χ4v) is 1.78. The summed E-state index contributed by atoms with van der Waals surface area (Å²) in [6.07, 6.45) is 4.11. The Labute approximate surface area is 59.5 Å². The maximum absolute atomic E-state index is 9.97. The summed E-state index contributed by atoms with van der Waals surface area (Å²) >= 11 is 1.85. The highest BCUT2D eigenvalue weighted by Gasteiger charge is 2.22. The Morgan fingerprint density at radius 3 is 2.89 bits per heavy atom. The predicted octanol–water partition coefficient (Wildman–Crippen LogP) is 1.52. The molecule has 1 fully saturated rings. The Morgan fingerprint density at radius 2 is 2.44 bits per heavy atom. The van der Waals surface area contributed by atoms with Crippen LogP contribution in [0.5, 0.6) is 0 Å². The van der Waals surface area contributed by atoms with Crippen LogP contribution in [0, 0.1) is 5.92 Å². The second kappa shape index (κ2) is 3.09. The molecule has 0 aromatic carbocycles. The first-order valence-corrected chi connectivity index (χ1v) is 4.48. The molecule has 0 radical (unpaired) electrons. The molecule has 0 aromatic heterocycles. The van der Waals surface area contributed by atoms with Gasteiger partial charge in [-0.1, -0.05) is 0 Å².